The van der Waals surface area contributed by atoms with Crippen molar-refractivity contribution in [3.63, 3.8) is 0 Å². The van der Waals surface area contributed by atoms with Crippen molar-refractivity contribution in [2.45, 2.75) is 64.2 Å². The number of esters is 2. The van der Waals surface area contributed by atoms with Crippen LogP contribution in [-0.2, 0) is 14.3 Å². The van der Waals surface area contributed by atoms with Crippen molar-refractivity contribution in [2.75, 3.05) is 0 Å². The van der Waals surface area contributed by atoms with Gasteiger partial charge < -0.3 is 4.74 Å². The molecule has 136 valence electrons. The van der Waals surface area contributed by atoms with Crippen LogP contribution in [0.15, 0.2) is 12.2 Å². The molecular formula is C22H30O3. The lowest BCUT2D eigenvalue weighted by Crippen LogP contribution is -2.54. The summed E-state index contributed by atoms with van der Waals surface area (Å²) in [7, 11) is 0. The van der Waals surface area contributed by atoms with Crippen LogP contribution < -0.4 is 0 Å². The Balaban J connectivity index is 1.53. The minimum Gasteiger partial charge on any atom is -0.393 e. The number of hydrogen-bond acceptors (Lipinski definition) is 3. The summed E-state index contributed by atoms with van der Waals surface area (Å²) in [6.45, 7) is 0. The molecule has 2 bridgehead atoms. The number of ether oxygens (including phenoxy) is 1. The van der Waals surface area contributed by atoms with Crippen LogP contribution in [0.5, 0.6) is 0 Å². The lowest BCUT2D eigenvalue weighted by Gasteiger charge is -2.55. The molecular weight excluding hydrogens is 312 g/mol. The summed E-state index contributed by atoms with van der Waals surface area (Å²) in [5, 5.41) is 0. The van der Waals surface area contributed by atoms with Gasteiger partial charge in [-0.1, -0.05) is 76.4 Å². The minimum absolute atomic E-state index is 0.172. The zero-order valence-corrected chi connectivity index (χ0v) is 15.1. The Labute approximate surface area is 150 Å². The van der Waals surface area contributed by atoms with Crippen LogP contribution in [0.3, 0.4) is 0 Å². The van der Waals surface area contributed by atoms with Gasteiger partial charge in [-0.25, -0.2) is 0 Å². The minimum atomic E-state index is -0.225. The van der Waals surface area contributed by atoms with E-state index in [0.29, 0.717) is 11.8 Å². The van der Waals surface area contributed by atoms with Gasteiger partial charge in [-0.15, -0.1) is 0 Å². The Bertz CT molecular complexity index is 532. The molecule has 3 saturated carbocycles. The van der Waals surface area contributed by atoms with Crippen LogP contribution in [-0.4, -0.2) is 11.9 Å². The molecule has 3 heteroatoms. The maximum absolute atomic E-state index is 12.4. The second-order valence-electron chi connectivity index (χ2n) is 9.28. The average molecular weight is 342 g/mol. The van der Waals surface area contributed by atoms with E-state index in [-0.39, 0.29) is 35.6 Å². The summed E-state index contributed by atoms with van der Waals surface area (Å²) in [4.78, 5) is 24.9. The Morgan fingerprint density at radius 3 is 1.44 bits per heavy atom. The van der Waals surface area contributed by atoms with Gasteiger partial charge in [-0.2, -0.15) is 0 Å². The highest BCUT2D eigenvalue weighted by Crippen LogP contribution is 2.61. The first-order valence-corrected chi connectivity index (χ1v) is 10.7. The van der Waals surface area contributed by atoms with E-state index in [9.17, 15) is 9.59 Å². The lowest BCUT2D eigenvalue weighted by atomic mass is 9.47. The lowest BCUT2D eigenvalue weighted by molar-refractivity contribution is -0.154. The van der Waals surface area contributed by atoms with Crippen LogP contribution in [0, 0.1) is 47.3 Å². The summed E-state index contributed by atoms with van der Waals surface area (Å²) in [6.07, 6.45) is 18.0. The Kier molecular flexibility index (Phi) is 4.02. The molecule has 0 aromatic heterocycles. The van der Waals surface area contributed by atoms with Crippen molar-refractivity contribution in [1.82, 2.24) is 0 Å². The van der Waals surface area contributed by atoms with Gasteiger partial charge in [-0.05, 0) is 35.5 Å². The van der Waals surface area contributed by atoms with Crippen LogP contribution in [0.2, 0.25) is 0 Å². The monoisotopic (exact) mass is 342 g/mol. The molecule has 1 aliphatic heterocycles. The maximum Gasteiger partial charge on any atom is 0.318 e. The molecule has 0 aromatic rings. The predicted molar refractivity (Wildman–Crippen MR) is 94.3 cm³/mol. The van der Waals surface area contributed by atoms with Crippen molar-refractivity contribution in [3.05, 3.63) is 12.2 Å². The van der Waals surface area contributed by atoms with Gasteiger partial charge >= 0.3 is 11.9 Å². The number of carbonyl (C=O) groups is 2. The third-order valence-corrected chi connectivity index (χ3v) is 8.24. The van der Waals surface area contributed by atoms with Crippen molar-refractivity contribution in [1.29, 1.82) is 0 Å². The van der Waals surface area contributed by atoms with Gasteiger partial charge in [0, 0.05) is 0 Å². The molecule has 0 amide bonds. The summed E-state index contributed by atoms with van der Waals surface area (Å²) in [5.41, 5.74) is 0. The number of rotatable bonds is 2. The predicted octanol–water partition coefficient (Wildman–Crippen LogP) is 4.51. The molecule has 0 aromatic carbocycles. The largest absolute Gasteiger partial charge is 0.393 e. The molecule has 6 rings (SSSR count). The summed E-state index contributed by atoms with van der Waals surface area (Å²) < 4.78 is 5.14. The Morgan fingerprint density at radius 2 is 1.04 bits per heavy atom. The molecule has 0 spiro atoms. The van der Waals surface area contributed by atoms with Crippen molar-refractivity contribution < 1.29 is 14.3 Å². The van der Waals surface area contributed by atoms with E-state index in [1.54, 1.807) is 0 Å². The van der Waals surface area contributed by atoms with E-state index in [4.69, 9.17) is 4.74 Å². The number of carbonyl (C=O) groups excluding carboxylic acids is 2. The molecule has 3 nitrogen and oxygen atoms in total. The fraction of sp³-hybridized carbons (Fsp3) is 0.818. The first-order valence-electron chi connectivity index (χ1n) is 10.7. The van der Waals surface area contributed by atoms with Gasteiger partial charge in [-0.3, -0.25) is 9.59 Å². The van der Waals surface area contributed by atoms with E-state index in [0.717, 1.165) is 11.8 Å². The highest BCUT2D eigenvalue weighted by atomic mass is 16.6. The van der Waals surface area contributed by atoms with Crippen LogP contribution in [0.25, 0.3) is 0 Å². The van der Waals surface area contributed by atoms with Gasteiger partial charge in [0.15, 0.2) is 0 Å². The third kappa shape index (κ3) is 2.44. The van der Waals surface area contributed by atoms with E-state index in [1.165, 1.54) is 64.2 Å². The fourth-order valence-corrected chi connectivity index (χ4v) is 7.36. The van der Waals surface area contributed by atoms with Crippen molar-refractivity contribution in [3.8, 4) is 0 Å². The Hall–Kier alpha value is -1.12. The van der Waals surface area contributed by atoms with E-state index in [1.807, 2.05) is 0 Å². The van der Waals surface area contributed by atoms with Crippen LogP contribution in [0.4, 0.5) is 0 Å². The van der Waals surface area contributed by atoms with Gasteiger partial charge in [0.1, 0.15) is 0 Å². The molecule has 6 aliphatic rings. The SMILES string of the molecule is O=C1OC(=O)C2C3C=CC(C12)C(C1CCCCC1)C3C1CCCCC1. The summed E-state index contributed by atoms with van der Waals surface area (Å²) >= 11 is 0. The quantitative estimate of drug-likeness (QED) is 0.421. The second-order valence-corrected chi connectivity index (χ2v) is 9.28. The molecule has 0 N–H and O–H groups in total. The molecule has 1 saturated heterocycles. The molecule has 6 unspecified atom stereocenters. The molecule has 6 atom stereocenters. The number of fused-ring (bicyclic) bond motifs is 1. The normalized spacial score (nSPS) is 44.8. The second kappa shape index (κ2) is 6.25. The number of allylic oxidation sites excluding steroid dienone is 2. The molecule has 25 heavy (non-hydrogen) atoms. The van der Waals surface area contributed by atoms with E-state index >= 15 is 0 Å². The standard InChI is InChI=1S/C22H30O3/c23-21-19-15-11-12-16(20(19)22(24)25-21)18(14-9-5-2-6-10-14)17(15)13-7-3-1-4-8-13/h11-20H,1-10H2. The van der Waals surface area contributed by atoms with Crippen molar-refractivity contribution >= 4 is 11.9 Å². The fourth-order valence-electron chi connectivity index (χ4n) is 7.36. The maximum atomic E-state index is 12.4. The van der Waals surface area contributed by atoms with Gasteiger partial charge in [0.2, 0.25) is 0 Å². The zero-order valence-electron chi connectivity index (χ0n) is 15.1. The average Bonchev–Trinajstić information content (AvgIpc) is 2.99. The van der Waals surface area contributed by atoms with E-state index < -0.39 is 0 Å². The highest BCUT2D eigenvalue weighted by Gasteiger charge is 2.63. The molecule has 5 aliphatic carbocycles. The van der Waals surface area contributed by atoms with Gasteiger partial charge in [0.05, 0.1) is 11.8 Å². The molecule has 1 heterocycles. The zero-order chi connectivity index (χ0) is 17.0. The number of cyclic esters (lactones) is 2. The Morgan fingerprint density at radius 1 is 0.640 bits per heavy atom. The first kappa shape index (κ1) is 16.1. The highest BCUT2D eigenvalue weighted by molar-refractivity contribution is 5.97. The van der Waals surface area contributed by atoms with Crippen LogP contribution in [0.1, 0.15) is 64.2 Å². The third-order valence-electron chi connectivity index (χ3n) is 8.24. The molecule has 0 radical (unpaired) electrons. The summed E-state index contributed by atoms with van der Waals surface area (Å²) in [6, 6.07) is 0. The number of hydrogen-bond donors (Lipinski definition) is 0. The van der Waals surface area contributed by atoms with Gasteiger partial charge in [0.25, 0.3) is 0 Å². The molecule has 4 fully saturated rings. The van der Waals surface area contributed by atoms with Crippen molar-refractivity contribution in [2.24, 2.45) is 47.3 Å². The van der Waals surface area contributed by atoms with E-state index in [2.05, 4.69) is 12.2 Å². The van der Waals surface area contributed by atoms with Crippen LogP contribution >= 0.6 is 0 Å². The summed E-state index contributed by atoms with van der Waals surface area (Å²) in [5.74, 6) is 2.44. The first-order chi connectivity index (χ1) is 12.3. The smallest absolute Gasteiger partial charge is 0.318 e. The topological polar surface area (TPSA) is 43.4 Å².